The Morgan fingerprint density at radius 2 is 2.27 bits per heavy atom. The molecule has 1 atom stereocenters. The summed E-state index contributed by atoms with van der Waals surface area (Å²) in [5.41, 5.74) is 2.18. The number of aryl methyl sites for hydroxylation is 1. The normalized spacial score (nSPS) is 16.3. The topological polar surface area (TPSA) is 58.1 Å². The van der Waals surface area contributed by atoms with Gasteiger partial charge in [-0.25, -0.2) is 0 Å². The van der Waals surface area contributed by atoms with Crippen LogP contribution < -0.4 is 10.2 Å². The molecule has 1 aliphatic rings. The Morgan fingerprint density at radius 1 is 1.41 bits per heavy atom. The Kier molecular flexibility index (Phi) is 4.49. The van der Waals surface area contributed by atoms with Crippen molar-refractivity contribution in [3.8, 4) is 0 Å². The van der Waals surface area contributed by atoms with Gasteiger partial charge in [-0.2, -0.15) is 0 Å². The van der Waals surface area contributed by atoms with Crippen LogP contribution in [0.4, 0.5) is 5.69 Å². The third-order valence-corrected chi connectivity index (χ3v) is 4.72. The molecular formula is C16H20N4OS. The average molecular weight is 316 g/mol. The molecular weight excluding hydrogens is 296 g/mol. The fraction of sp³-hybridized carbons (Fsp3) is 0.438. The van der Waals surface area contributed by atoms with Gasteiger partial charge in [0.25, 0.3) is 0 Å². The highest BCUT2D eigenvalue weighted by Crippen LogP contribution is 2.25. The molecule has 1 saturated heterocycles. The van der Waals surface area contributed by atoms with Crippen molar-refractivity contribution in [2.75, 3.05) is 11.4 Å². The van der Waals surface area contributed by atoms with Crippen molar-refractivity contribution in [3.05, 3.63) is 39.8 Å². The summed E-state index contributed by atoms with van der Waals surface area (Å²) >= 11 is 1.61. The van der Waals surface area contributed by atoms with E-state index in [0.29, 0.717) is 13.0 Å². The van der Waals surface area contributed by atoms with Crippen LogP contribution in [-0.4, -0.2) is 22.6 Å². The average Bonchev–Trinajstić information content (AvgIpc) is 3.13. The molecule has 0 saturated carbocycles. The molecule has 0 bridgehead atoms. The van der Waals surface area contributed by atoms with Crippen LogP contribution in [-0.2, 0) is 11.3 Å². The summed E-state index contributed by atoms with van der Waals surface area (Å²) < 4.78 is 0. The molecule has 5 nitrogen and oxygen atoms in total. The van der Waals surface area contributed by atoms with Crippen molar-refractivity contribution in [2.45, 2.75) is 39.3 Å². The summed E-state index contributed by atoms with van der Waals surface area (Å²) in [6.45, 7) is 5.62. The number of rotatable bonds is 5. The molecule has 22 heavy (non-hydrogen) atoms. The Morgan fingerprint density at radius 3 is 2.95 bits per heavy atom. The third-order valence-electron chi connectivity index (χ3n) is 3.88. The van der Waals surface area contributed by atoms with E-state index in [9.17, 15) is 4.79 Å². The lowest BCUT2D eigenvalue weighted by Gasteiger charge is -2.19. The highest BCUT2D eigenvalue weighted by Gasteiger charge is 2.22. The second-order valence-corrected chi connectivity index (χ2v) is 6.83. The smallest absolute Gasteiger partial charge is 0.227 e. The molecule has 1 aromatic carbocycles. The van der Waals surface area contributed by atoms with Crippen molar-refractivity contribution in [1.82, 2.24) is 15.5 Å². The van der Waals surface area contributed by atoms with Crippen LogP contribution >= 0.6 is 11.3 Å². The van der Waals surface area contributed by atoms with Crippen molar-refractivity contribution >= 4 is 22.9 Å². The molecule has 1 fully saturated rings. The highest BCUT2D eigenvalue weighted by atomic mass is 32.1. The van der Waals surface area contributed by atoms with Gasteiger partial charge >= 0.3 is 0 Å². The van der Waals surface area contributed by atoms with E-state index in [-0.39, 0.29) is 11.9 Å². The van der Waals surface area contributed by atoms with E-state index in [1.54, 1.807) is 11.3 Å². The van der Waals surface area contributed by atoms with Crippen molar-refractivity contribution in [2.24, 2.45) is 0 Å². The molecule has 1 N–H and O–H groups in total. The van der Waals surface area contributed by atoms with Gasteiger partial charge in [-0.3, -0.25) is 4.79 Å². The Bertz CT molecular complexity index is 670. The zero-order valence-electron chi connectivity index (χ0n) is 12.9. The van der Waals surface area contributed by atoms with Crippen LogP contribution in [0.15, 0.2) is 24.3 Å². The second kappa shape index (κ2) is 6.54. The summed E-state index contributed by atoms with van der Waals surface area (Å²) in [6.07, 6.45) is 1.61. The number of aromatic nitrogens is 2. The van der Waals surface area contributed by atoms with Crippen LogP contribution in [0.2, 0.25) is 0 Å². The third kappa shape index (κ3) is 3.34. The van der Waals surface area contributed by atoms with E-state index in [4.69, 9.17) is 0 Å². The first-order valence-corrected chi connectivity index (χ1v) is 8.38. The largest absolute Gasteiger partial charge is 0.312 e. The zero-order chi connectivity index (χ0) is 15.5. The molecule has 0 aliphatic carbocycles. The fourth-order valence-corrected chi connectivity index (χ4v) is 3.31. The molecule has 0 radical (unpaired) electrons. The van der Waals surface area contributed by atoms with E-state index < -0.39 is 0 Å². The molecule has 116 valence electrons. The number of hydrogen-bond acceptors (Lipinski definition) is 5. The summed E-state index contributed by atoms with van der Waals surface area (Å²) in [7, 11) is 0. The minimum Gasteiger partial charge on any atom is -0.312 e. The first-order valence-electron chi connectivity index (χ1n) is 7.56. The van der Waals surface area contributed by atoms with Gasteiger partial charge in [0, 0.05) is 24.7 Å². The second-order valence-electron chi connectivity index (χ2n) is 5.56. The molecule has 1 amide bonds. The number of nitrogens with zero attached hydrogens (tertiary/aromatic N) is 3. The van der Waals surface area contributed by atoms with Crippen LogP contribution in [0.25, 0.3) is 0 Å². The van der Waals surface area contributed by atoms with Gasteiger partial charge in [0.15, 0.2) is 0 Å². The predicted octanol–water partition coefficient (Wildman–Crippen LogP) is 2.82. The maximum atomic E-state index is 11.9. The van der Waals surface area contributed by atoms with Crippen LogP contribution in [0.3, 0.4) is 0 Å². The number of anilines is 1. The van der Waals surface area contributed by atoms with Crippen molar-refractivity contribution in [3.63, 3.8) is 0 Å². The van der Waals surface area contributed by atoms with Crippen LogP contribution in [0.1, 0.15) is 41.4 Å². The number of carbonyl (C=O) groups is 1. The molecule has 2 heterocycles. The Balaban J connectivity index is 1.67. The minimum absolute atomic E-state index is 0.196. The molecule has 1 aliphatic heterocycles. The molecule has 6 heteroatoms. The Labute approximate surface area is 134 Å². The summed E-state index contributed by atoms with van der Waals surface area (Å²) in [6, 6.07) is 8.41. The Hall–Kier alpha value is -1.79. The van der Waals surface area contributed by atoms with Crippen LogP contribution in [0.5, 0.6) is 0 Å². The van der Waals surface area contributed by atoms with E-state index >= 15 is 0 Å². The van der Waals surface area contributed by atoms with Gasteiger partial charge < -0.3 is 10.2 Å². The van der Waals surface area contributed by atoms with E-state index in [1.165, 1.54) is 5.56 Å². The van der Waals surface area contributed by atoms with Gasteiger partial charge in [-0.05, 0) is 38.0 Å². The fourth-order valence-electron chi connectivity index (χ4n) is 2.65. The number of carbonyl (C=O) groups excluding carboxylic acids is 1. The van der Waals surface area contributed by atoms with Gasteiger partial charge in [-0.15, -0.1) is 21.5 Å². The minimum atomic E-state index is 0.196. The molecule has 1 aromatic heterocycles. The SMILES string of the molecule is Cc1nnc(CN[C@@H](C)c2cccc(N3CCCC3=O)c2)s1. The lowest BCUT2D eigenvalue weighted by molar-refractivity contribution is -0.117. The standard InChI is InChI=1S/C16H20N4OS/c1-11(17-10-15-19-18-12(2)22-15)13-5-3-6-14(9-13)20-8-4-7-16(20)21/h3,5-6,9,11,17H,4,7-8,10H2,1-2H3/t11-/m0/s1. The van der Waals surface area contributed by atoms with Gasteiger partial charge in [-0.1, -0.05) is 12.1 Å². The highest BCUT2D eigenvalue weighted by molar-refractivity contribution is 7.11. The van der Waals surface area contributed by atoms with E-state index in [1.807, 2.05) is 24.0 Å². The number of benzene rings is 1. The number of hydrogen-bond donors (Lipinski definition) is 1. The molecule has 0 spiro atoms. The molecule has 0 unspecified atom stereocenters. The first kappa shape index (κ1) is 15.1. The summed E-state index contributed by atoms with van der Waals surface area (Å²) in [4.78, 5) is 13.7. The van der Waals surface area contributed by atoms with Gasteiger partial charge in [0.05, 0.1) is 6.54 Å². The number of nitrogens with one attached hydrogen (secondary N) is 1. The van der Waals surface area contributed by atoms with Gasteiger partial charge in [0.2, 0.25) is 5.91 Å². The van der Waals surface area contributed by atoms with E-state index in [0.717, 1.165) is 28.7 Å². The van der Waals surface area contributed by atoms with E-state index in [2.05, 4.69) is 34.6 Å². The zero-order valence-corrected chi connectivity index (χ0v) is 13.7. The quantitative estimate of drug-likeness (QED) is 0.921. The number of amides is 1. The predicted molar refractivity (Wildman–Crippen MR) is 87.9 cm³/mol. The molecule has 3 rings (SSSR count). The van der Waals surface area contributed by atoms with Gasteiger partial charge in [0.1, 0.15) is 10.0 Å². The summed E-state index contributed by atoms with van der Waals surface area (Å²) in [5.74, 6) is 0.224. The lowest BCUT2D eigenvalue weighted by Crippen LogP contribution is -2.24. The molecule has 2 aromatic rings. The van der Waals surface area contributed by atoms with Crippen LogP contribution in [0, 0.1) is 6.92 Å². The maximum absolute atomic E-state index is 11.9. The van der Waals surface area contributed by atoms with Crippen molar-refractivity contribution in [1.29, 1.82) is 0 Å². The summed E-state index contributed by atoms with van der Waals surface area (Å²) in [5, 5.41) is 13.6. The first-order chi connectivity index (χ1) is 10.6. The van der Waals surface area contributed by atoms with Crippen molar-refractivity contribution < 1.29 is 4.79 Å². The maximum Gasteiger partial charge on any atom is 0.227 e. The monoisotopic (exact) mass is 316 g/mol. The lowest BCUT2D eigenvalue weighted by atomic mass is 10.1.